The van der Waals surface area contributed by atoms with Crippen molar-refractivity contribution in [1.29, 1.82) is 0 Å². The van der Waals surface area contributed by atoms with Crippen molar-refractivity contribution in [1.82, 2.24) is 20.4 Å². The lowest BCUT2D eigenvalue weighted by Gasteiger charge is -2.10. The van der Waals surface area contributed by atoms with Crippen LogP contribution in [0.15, 0.2) is 36.7 Å². The van der Waals surface area contributed by atoms with Gasteiger partial charge in [-0.25, -0.2) is 0 Å². The van der Waals surface area contributed by atoms with Gasteiger partial charge in [-0.15, -0.1) is 0 Å². The second-order valence-corrected chi connectivity index (χ2v) is 5.79. The maximum atomic E-state index is 5.84. The average molecular weight is 343 g/mol. The number of thiocarbonyl (C=S) groups is 1. The highest BCUT2D eigenvalue weighted by atomic mass is 35.5. The van der Waals surface area contributed by atoms with Crippen LogP contribution >= 0.6 is 35.4 Å². The molecular formula is C14H16Cl2N4S. The summed E-state index contributed by atoms with van der Waals surface area (Å²) in [5.41, 5.74) is 1.13. The predicted octanol–water partition coefficient (Wildman–Crippen LogP) is 3.24. The molecule has 0 amide bonds. The van der Waals surface area contributed by atoms with Gasteiger partial charge in [0.25, 0.3) is 0 Å². The Bertz CT molecular complexity index is 583. The molecule has 2 aromatic rings. The minimum atomic E-state index is 0.642. The number of hydrogen-bond acceptors (Lipinski definition) is 2. The van der Waals surface area contributed by atoms with E-state index in [0.717, 1.165) is 30.1 Å². The van der Waals surface area contributed by atoms with E-state index in [4.69, 9.17) is 35.4 Å². The Kier molecular flexibility index (Phi) is 6.29. The molecule has 0 fully saturated rings. The van der Waals surface area contributed by atoms with E-state index in [9.17, 15) is 0 Å². The van der Waals surface area contributed by atoms with Crippen LogP contribution in [0, 0.1) is 0 Å². The molecule has 0 unspecified atom stereocenters. The molecule has 1 aromatic heterocycles. The molecule has 0 radical (unpaired) electrons. The second kappa shape index (κ2) is 8.22. The zero-order valence-corrected chi connectivity index (χ0v) is 13.7. The summed E-state index contributed by atoms with van der Waals surface area (Å²) >= 11 is 16.9. The normalized spacial score (nSPS) is 10.4. The first-order valence-corrected chi connectivity index (χ1v) is 7.74. The highest BCUT2D eigenvalue weighted by molar-refractivity contribution is 7.80. The summed E-state index contributed by atoms with van der Waals surface area (Å²) in [6, 6.07) is 7.67. The highest BCUT2D eigenvalue weighted by Crippen LogP contribution is 2.09. The van der Waals surface area contributed by atoms with Crippen LogP contribution in [0.4, 0.5) is 0 Å². The average Bonchev–Trinajstić information content (AvgIpc) is 2.89. The van der Waals surface area contributed by atoms with E-state index in [1.807, 2.05) is 28.9 Å². The molecule has 0 saturated carbocycles. The topological polar surface area (TPSA) is 41.9 Å². The van der Waals surface area contributed by atoms with Crippen LogP contribution in [0.1, 0.15) is 12.0 Å². The fraction of sp³-hybridized carbons (Fsp3) is 0.286. The number of nitrogens with one attached hydrogen (secondary N) is 2. The van der Waals surface area contributed by atoms with Crippen molar-refractivity contribution < 1.29 is 0 Å². The first kappa shape index (κ1) is 16.1. The number of rotatable bonds is 6. The third-order valence-electron chi connectivity index (χ3n) is 2.82. The monoisotopic (exact) mass is 342 g/mol. The lowest BCUT2D eigenvalue weighted by Crippen LogP contribution is -2.35. The van der Waals surface area contributed by atoms with Gasteiger partial charge in [0.1, 0.15) is 0 Å². The highest BCUT2D eigenvalue weighted by Gasteiger charge is 1.98. The summed E-state index contributed by atoms with van der Waals surface area (Å²) in [5.74, 6) is 0. The molecule has 112 valence electrons. The number of aromatic nitrogens is 2. The quantitative estimate of drug-likeness (QED) is 0.624. The minimum Gasteiger partial charge on any atom is -0.363 e. The van der Waals surface area contributed by atoms with Crippen molar-refractivity contribution in [3.63, 3.8) is 0 Å². The standard InChI is InChI=1S/C14H16Cl2N4S/c15-12-4-2-11(3-5-12)8-18-14(21)17-6-1-7-20-10-13(16)9-19-20/h2-5,9-10H,1,6-8H2,(H2,17,18,21). The summed E-state index contributed by atoms with van der Waals surface area (Å²) in [7, 11) is 0. The maximum absolute atomic E-state index is 5.84. The van der Waals surface area contributed by atoms with Gasteiger partial charge in [0.05, 0.1) is 11.2 Å². The van der Waals surface area contributed by atoms with Crippen LogP contribution in [0.25, 0.3) is 0 Å². The van der Waals surface area contributed by atoms with Crippen LogP contribution < -0.4 is 10.6 Å². The fourth-order valence-electron chi connectivity index (χ4n) is 1.75. The van der Waals surface area contributed by atoms with E-state index in [0.29, 0.717) is 16.7 Å². The molecular weight excluding hydrogens is 327 g/mol. The zero-order chi connectivity index (χ0) is 15.1. The van der Waals surface area contributed by atoms with Crippen LogP contribution in [-0.2, 0) is 13.1 Å². The van der Waals surface area contributed by atoms with Crippen LogP contribution in [0.5, 0.6) is 0 Å². The number of benzene rings is 1. The molecule has 0 atom stereocenters. The van der Waals surface area contributed by atoms with E-state index in [1.54, 1.807) is 12.4 Å². The lowest BCUT2D eigenvalue weighted by molar-refractivity contribution is 0.571. The van der Waals surface area contributed by atoms with E-state index in [1.165, 1.54) is 0 Å². The molecule has 0 aliphatic rings. The summed E-state index contributed by atoms with van der Waals surface area (Å²) in [5, 5.41) is 12.5. The molecule has 2 rings (SSSR count). The van der Waals surface area contributed by atoms with Gasteiger partial charge >= 0.3 is 0 Å². The Labute approximate surface area is 139 Å². The Morgan fingerprint density at radius 2 is 1.90 bits per heavy atom. The number of aryl methyl sites for hydroxylation is 1. The Morgan fingerprint density at radius 3 is 2.57 bits per heavy atom. The number of hydrogen-bond donors (Lipinski definition) is 2. The molecule has 2 N–H and O–H groups in total. The Morgan fingerprint density at radius 1 is 1.14 bits per heavy atom. The van der Waals surface area contributed by atoms with Crippen molar-refractivity contribution in [2.45, 2.75) is 19.5 Å². The van der Waals surface area contributed by atoms with Gasteiger partial charge < -0.3 is 10.6 Å². The van der Waals surface area contributed by atoms with Crippen LogP contribution in [-0.4, -0.2) is 21.4 Å². The van der Waals surface area contributed by atoms with Crippen molar-refractivity contribution in [2.24, 2.45) is 0 Å². The second-order valence-electron chi connectivity index (χ2n) is 4.51. The SMILES string of the molecule is S=C(NCCCn1cc(Cl)cn1)NCc1ccc(Cl)cc1. The predicted molar refractivity (Wildman–Crippen MR) is 90.7 cm³/mol. The molecule has 0 aliphatic carbocycles. The molecule has 1 heterocycles. The summed E-state index contributed by atoms with van der Waals surface area (Å²) in [6.07, 6.45) is 4.35. The lowest BCUT2D eigenvalue weighted by atomic mass is 10.2. The van der Waals surface area contributed by atoms with E-state index < -0.39 is 0 Å². The Balaban J connectivity index is 1.60. The molecule has 1 aromatic carbocycles. The van der Waals surface area contributed by atoms with Crippen LogP contribution in [0.2, 0.25) is 10.0 Å². The molecule has 0 aliphatic heterocycles. The molecule has 0 saturated heterocycles. The molecule has 4 nitrogen and oxygen atoms in total. The third kappa shape index (κ3) is 5.91. The van der Waals surface area contributed by atoms with Crippen molar-refractivity contribution in [3.8, 4) is 0 Å². The van der Waals surface area contributed by atoms with Crippen LogP contribution in [0.3, 0.4) is 0 Å². The van der Waals surface area contributed by atoms with Gasteiger partial charge in [0.15, 0.2) is 5.11 Å². The first-order valence-electron chi connectivity index (χ1n) is 6.57. The molecule has 21 heavy (non-hydrogen) atoms. The Hall–Kier alpha value is -1.30. The molecule has 0 bridgehead atoms. The summed E-state index contributed by atoms with van der Waals surface area (Å²) in [4.78, 5) is 0. The van der Waals surface area contributed by atoms with E-state index in [2.05, 4.69) is 15.7 Å². The van der Waals surface area contributed by atoms with Gasteiger partial charge in [-0.2, -0.15) is 5.10 Å². The van der Waals surface area contributed by atoms with Gasteiger partial charge in [-0.1, -0.05) is 35.3 Å². The van der Waals surface area contributed by atoms with Gasteiger partial charge in [0.2, 0.25) is 0 Å². The molecule has 0 spiro atoms. The van der Waals surface area contributed by atoms with E-state index in [-0.39, 0.29) is 0 Å². The van der Waals surface area contributed by atoms with Gasteiger partial charge in [-0.05, 0) is 36.3 Å². The van der Waals surface area contributed by atoms with Crippen molar-refractivity contribution >= 4 is 40.5 Å². The summed E-state index contributed by atoms with van der Waals surface area (Å²) < 4.78 is 1.81. The minimum absolute atomic E-state index is 0.642. The smallest absolute Gasteiger partial charge is 0.166 e. The number of nitrogens with zero attached hydrogens (tertiary/aromatic N) is 2. The maximum Gasteiger partial charge on any atom is 0.166 e. The first-order chi connectivity index (χ1) is 10.1. The van der Waals surface area contributed by atoms with Gasteiger partial charge in [0, 0.05) is 30.9 Å². The largest absolute Gasteiger partial charge is 0.363 e. The van der Waals surface area contributed by atoms with Crippen molar-refractivity contribution in [3.05, 3.63) is 52.3 Å². The third-order valence-corrected chi connectivity index (χ3v) is 3.55. The van der Waals surface area contributed by atoms with E-state index >= 15 is 0 Å². The van der Waals surface area contributed by atoms with Gasteiger partial charge in [-0.3, -0.25) is 4.68 Å². The van der Waals surface area contributed by atoms with Crippen molar-refractivity contribution in [2.75, 3.05) is 6.54 Å². The summed E-state index contributed by atoms with van der Waals surface area (Å²) in [6.45, 7) is 2.27. The fourth-order valence-corrected chi connectivity index (χ4v) is 2.21. The number of halogens is 2. The molecule has 7 heteroatoms. The zero-order valence-electron chi connectivity index (χ0n) is 11.4.